The highest BCUT2D eigenvalue weighted by Gasteiger charge is 2.20. The molecule has 4 nitrogen and oxygen atoms in total. The standard InChI is InChI=1S/C11H20O4/c1-5-10(12)15-9-11(2,3)8-14-7-6-13-4/h5H,1,6-9H2,2-4H3. The first-order chi connectivity index (χ1) is 7.02. The van der Waals surface area contributed by atoms with Crippen molar-refractivity contribution in [3.63, 3.8) is 0 Å². The maximum Gasteiger partial charge on any atom is 0.330 e. The van der Waals surface area contributed by atoms with Crippen molar-refractivity contribution in [2.45, 2.75) is 13.8 Å². The molecule has 0 heterocycles. The van der Waals surface area contributed by atoms with Gasteiger partial charge in [-0.2, -0.15) is 0 Å². The summed E-state index contributed by atoms with van der Waals surface area (Å²) in [5.74, 6) is -0.403. The van der Waals surface area contributed by atoms with Gasteiger partial charge in [-0.1, -0.05) is 20.4 Å². The molecule has 0 aromatic heterocycles. The second kappa shape index (κ2) is 7.43. The van der Waals surface area contributed by atoms with Crippen molar-refractivity contribution >= 4 is 5.97 Å². The lowest BCUT2D eigenvalue weighted by Crippen LogP contribution is -2.27. The van der Waals surface area contributed by atoms with Gasteiger partial charge in [0.1, 0.15) is 0 Å². The minimum Gasteiger partial charge on any atom is -0.462 e. The average molecular weight is 216 g/mol. The summed E-state index contributed by atoms with van der Waals surface area (Å²) in [6.45, 7) is 9.24. The highest BCUT2D eigenvalue weighted by Crippen LogP contribution is 2.15. The molecule has 0 amide bonds. The second-order valence-electron chi connectivity index (χ2n) is 4.02. The molecule has 0 aromatic rings. The van der Waals surface area contributed by atoms with Gasteiger partial charge in [-0.3, -0.25) is 0 Å². The van der Waals surface area contributed by atoms with Crippen molar-refractivity contribution in [2.24, 2.45) is 5.41 Å². The lowest BCUT2D eigenvalue weighted by molar-refractivity contribution is -0.142. The Morgan fingerprint density at radius 1 is 1.33 bits per heavy atom. The van der Waals surface area contributed by atoms with Crippen molar-refractivity contribution < 1.29 is 19.0 Å². The molecule has 0 bridgehead atoms. The van der Waals surface area contributed by atoms with E-state index in [0.29, 0.717) is 26.4 Å². The first-order valence-electron chi connectivity index (χ1n) is 4.88. The normalized spacial score (nSPS) is 11.1. The van der Waals surface area contributed by atoms with Crippen molar-refractivity contribution in [3.05, 3.63) is 12.7 Å². The molecule has 0 rings (SSSR count). The summed E-state index contributed by atoms with van der Waals surface area (Å²) in [6.07, 6.45) is 1.15. The zero-order valence-electron chi connectivity index (χ0n) is 9.75. The van der Waals surface area contributed by atoms with E-state index < -0.39 is 5.97 Å². The summed E-state index contributed by atoms with van der Waals surface area (Å²) in [5.41, 5.74) is -0.188. The lowest BCUT2D eigenvalue weighted by Gasteiger charge is -2.23. The Bertz CT molecular complexity index is 199. The molecule has 0 radical (unpaired) electrons. The summed E-state index contributed by atoms with van der Waals surface area (Å²) in [7, 11) is 1.63. The quantitative estimate of drug-likeness (QED) is 0.349. The predicted molar refractivity (Wildman–Crippen MR) is 57.6 cm³/mol. The van der Waals surface area contributed by atoms with Gasteiger partial charge in [0.25, 0.3) is 0 Å². The lowest BCUT2D eigenvalue weighted by atomic mass is 9.96. The molecule has 0 saturated heterocycles. The molecule has 0 atom stereocenters. The number of hydrogen-bond acceptors (Lipinski definition) is 4. The zero-order chi connectivity index (χ0) is 11.7. The monoisotopic (exact) mass is 216 g/mol. The van der Waals surface area contributed by atoms with Gasteiger partial charge in [-0.05, 0) is 0 Å². The largest absolute Gasteiger partial charge is 0.462 e. The zero-order valence-corrected chi connectivity index (χ0v) is 9.75. The van der Waals surface area contributed by atoms with E-state index in [2.05, 4.69) is 6.58 Å². The minimum absolute atomic E-state index is 0.188. The highest BCUT2D eigenvalue weighted by molar-refractivity contribution is 5.81. The maximum atomic E-state index is 10.8. The molecule has 0 aliphatic carbocycles. The molecular formula is C11H20O4. The number of carbonyl (C=O) groups excluding carboxylic acids is 1. The number of ether oxygens (including phenoxy) is 3. The summed E-state index contributed by atoms with van der Waals surface area (Å²) in [6, 6.07) is 0. The van der Waals surface area contributed by atoms with Crippen LogP contribution >= 0.6 is 0 Å². The predicted octanol–water partition coefficient (Wildman–Crippen LogP) is 1.40. The first-order valence-corrected chi connectivity index (χ1v) is 4.88. The number of rotatable bonds is 8. The topological polar surface area (TPSA) is 44.8 Å². The van der Waals surface area contributed by atoms with E-state index in [-0.39, 0.29) is 5.41 Å². The van der Waals surface area contributed by atoms with Gasteiger partial charge in [0.2, 0.25) is 0 Å². The van der Waals surface area contributed by atoms with Gasteiger partial charge in [-0.15, -0.1) is 0 Å². The smallest absolute Gasteiger partial charge is 0.330 e. The van der Waals surface area contributed by atoms with E-state index in [1.165, 1.54) is 0 Å². The summed E-state index contributed by atoms with van der Waals surface area (Å²) >= 11 is 0. The van der Waals surface area contributed by atoms with Crippen molar-refractivity contribution in [2.75, 3.05) is 33.5 Å². The Balaban J connectivity index is 3.66. The molecular weight excluding hydrogens is 196 g/mol. The van der Waals surface area contributed by atoms with Gasteiger partial charge >= 0.3 is 5.97 Å². The Kier molecular flexibility index (Phi) is 6.99. The fourth-order valence-electron chi connectivity index (χ4n) is 0.858. The van der Waals surface area contributed by atoms with Crippen molar-refractivity contribution in [1.82, 2.24) is 0 Å². The van der Waals surface area contributed by atoms with Gasteiger partial charge in [0.15, 0.2) is 0 Å². The fourth-order valence-corrected chi connectivity index (χ4v) is 0.858. The van der Waals surface area contributed by atoms with Crippen LogP contribution in [0.3, 0.4) is 0 Å². The third-order valence-electron chi connectivity index (χ3n) is 1.70. The van der Waals surface area contributed by atoms with Crippen molar-refractivity contribution in [1.29, 1.82) is 0 Å². The molecule has 0 aliphatic rings. The molecule has 0 N–H and O–H groups in total. The molecule has 0 aliphatic heterocycles. The van der Waals surface area contributed by atoms with E-state index in [0.717, 1.165) is 6.08 Å². The molecule has 4 heteroatoms. The Hall–Kier alpha value is -0.870. The van der Waals surface area contributed by atoms with Gasteiger partial charge in [-0.25, -0.2) is 4.79 Å². The number of hydrogen-bond donors (Lipinski definition) is 0. The number of esters is 1. The Morgan fingerprint density at radius 3 is 2.53 bits per heavy atom. The van der Waals surface area contributed by atoms with Crippen LogP contribution < -0.4 is 0 Å². The van der Waals surface area contributed by atoms with Crippen LogP contribution in [0.15, 0.2) is 12.7 Å². The van der Waals surface area contributed by atoms with E-state index in [1.54, 1.807) is 7.11 Å². The third-order valence-corrected chi connectivity index (χ3v) is 1.70. The van der Waals surface area contributed by atoms with Gasteiger partial charge in [0.05, 0.1) is 26.4 Å². The van der Waals surface area contributed by atoms with Gasteiger partial charge < -0.3 is 14.2 Å². The van der Waals surface area contributed by atoms with Crippen LogP contribution in [0.2, 0.25) is 0 Å². The van der Waals surface area contributed by atoms with Crippen LogP contribution in [-0.4, -0.2) is 39.5 Å². The highest BCUT2D eigenvalue weighted by atomic mass is 16.5. The average Bonchev–Trinajstić information content (AvgIpc) is 2.21. The first kappa shape index (κ1) is 14.1. The van der Waals surface area contributed by atoms with E-state index in [4.69, 9.17) is 14.2 Å². The van der Waals surface area contributed by atoms with Crippen LogP contribution in [0, 0.1) is 5.41 Å². The minimum atomic E-state index is -0.403. The SMILES string of the molecule is C=CC(=O)OCC(C)(C)COCCOC. The summed E-state index contributed by atoms with van der Waals surface area (Å²) in [5, 5.41) is 0. The third kappa shape index (κ3) is 8.15. The number of carbonyl (C=O) groups is 1. The molecule has 0 spiro atoms. The van der Waals surface area contributed by atoms with Crippen LogP contribution in [0.1, 0.15) is 13.8 Å². The van der Waals surface area contributed by atoms with E-state index in [1.807, 2.05) is 13.8 Å². The summed E-state index contributed by atoms with van der Waals surface area (Å²) < 4.78 is 15.2. The van der Waals surface area contributed by atoms with Crippen LogP contribution in [0.4, 0.5) is 0 Å². The van der Waals surface area contributed by atoms with Crippen LogP contribution in [0.5, 0.6) is 0 Å². The molecule has 0 unspecified atom stereocenters. The Morgan fingerprint density at radius 2 is 2.00 bits per heavy atom. The molecule has 0 fully saturated rings. The summed E-state index contributed by atoms with van der Waals surface area (Å²) in [4.78, 5) is 10.8. The Labute approximate surface area is 91.2 Å². The molecule has 0 saturated carbocycles. The number of methoxy groups -OCH3 is 1. The fraction of sp³-hybridized carbons (Fsp3) is 0.727. The van der Waals surface area contributed by atoms with E-state index in [9.17, 15) is 4.79 Å². The van der Waals surface area contributed by atoms with E-state index >= 15 is 0 Å². The van der Waals surface area contributed by atoms with Crippen LogP contribution in [0.25, 0.3) is 0 Å². The molecule has 88 valence electrons. The second-order valence-corrected chi connectivity index (χ2v) is 4.02. The van der Waals surface area contributed by atoms with Crippen LogP contribution in [-0.2, 0) is 19.0 Å². The van der Waals surface area contributed by atoms with Crippen molar-refractivity contribution in [3.8, 4) is 0 Å². The molecule has 0 aromatic carbocycles. The molecule has 15 heavy (non-hydrogen) atoms. The maximum absolute atomic E-state index is 10.8. The van der Waals surface area contributed by atoms with Gasteiger partial charge in [0, 0.05) is 18.6 Å².